The lowest BCUT2D eigenvalue weighted by molar-refractivity contribution is -0.151. The molecule has 0 saturated carbocycles. The summed E-state index contributed by atoms with van der Waals surface area (Å²) in [5.41, 5.74) is 0. The number of rotatable bonds is 9. The third-order valence-electron chi connectivity index (χ3n) is 3.36. The van der Waals surface area contributed by atoms with Gasteiger partial charge in [0.15, 0.2) is 0 Å². The Morgan fingerprint density at radius 2 is 2.20 bits per heavy atom. The molecule has 6 heteroatoms. The monoisotopic (exact) mass is 289 g/mol. The SMILES string of the molecule is CCOC(=O)C1CCCCN1CC(O)COCCOC. The lowest BCUT2D eigenvalue weighted by Crippen LogP contribution is -2.49. The van der Waals surface area contributed by atoms with Crippen molar-refractivity contribution >= 4 is 5.97 Å². The van der Waals surface area contributed by atoms with Crippen LogP contribution in [-0.2, 0) is 19.0 Å². The summed E-state index contributed by atoms with van der Waals surface area (Å²) >= 11 is 0. The highest BCUT2D eigenvalue weighted by molar-refractivity contribution is 5.75. The van der Waals surface area contributed by atoms with E-state index < -0.39 is 6.10 Å². The number of β-amino-alcohol motifs (C(OH)–C–C–N with tert-alkyl or cyclic N) is 1. The lowest BCUT2D eigenvalue weighted by Gasteiger charge is -2.35. The largest absolute Gasteiger partial charge is 0.465 e. The van der Waals surface area contributed by atoms with Crippen LogP contribution in [0.3, 0.4) is 0 Å². The fourth-order valence-corrected chi connectivity index (χ4v) is 2.40. The van der Waals surface area contributed by atoms with E-state index in [-0.39, 0.29) is 18.6 Å². The maximum Gasteiger partial charge on any atom is 0.323 e. The van der Waals surface area contributed by atoms with Crippen molar-refractivity contribution in [1.29, 1.82) is 0 Å². The molecule has 0 aromatic rings. The number of nitrogens with zero attached hydrogens (tertiary/aromatic N) is 1. The number of esters is 1. The van der Waals surface area contributed by atoms with Crippen molar-refractivity contribution in [3.05, 3.63) is 0 Å². The molecule has 1 aliphatic heterocycles. The minimum Gasteiger partial charge on any atom is -0.465 e. The highest BCUT2D eigenvalue weighted by Crippen LogP contribution is 2.18. The maximum absolute atomic E-state index is 11.9. The molecule has 0 aromatic heterocycles. The normalized spacial score (nSPS) is 21.6. The number of carbonyl (C=O) groups is 1. The molecule has 2 unspecified atom stereocenters. The summed E-state index contributed by atoms with van der Waals surface area (Å²) in [5.74, 6) is -0.181. The van der Waals surface area contributed by atoms with Gasteiger partial charge in [-0.3, -0.25) is 9.69 Å². The first-order valence-electron chi connectivity index (χ1n) is 7.34. The predicted octanol–water partition coefficient (Wildman–Crippen LogP) is 0.428. The average Bonchev–Trinajstić information content (AvgIpc) is 2.44. The fraction of sp³-hybridized carbons (Fsp3) is 0.929. The van der Waals surface area contributed by atoms with Gasteiger partial charge in [0, 0.05) is 13.7 Å². The summed E-state index contributed by atoms with van der Waals surface area (Å²) in [6, 6.07) is -0.225. The minimum atomic E-state index is -0.595. The van der Waals surface area contributed by atoms with Crippen LogP contribution in [-0.4, -0.2) is 74.7 Å². The van der Waals surface area contributed by atoms with Gasteiger partial charge in [-0.2, -0.15) is 0 Å². The number of piperidine rings is 1. The summed E-state index contributed by atoms with van der Waals surface area (Å²) in [4.78, 5) is 13.9. The van der Waals surface area contributed by atoms with Crippen molar-refractivity contribution in [2.24, 2.45) is 0 Å². The molecule has 1 saturated heterocycles. The van der Waals surface area contributed by atoms with Gasteiger partial charge >= 0.3 is 5.97 Å². The van der Waals surface area contributed by atoms with E-state index in [2.05, 4.69) is 0 Å². The molecule has 118 valence electrons. The number of aliphatic hydroxyl groups is 1. The molecule has 1 fully saturated rings. The van der Waals surface area contributed by atoms with Gasteiger partial charge in [-0.1, -0.05) is 6.42 Å². The zero-order valence-electron chi connectivity index (χ0n) is 12.5. The maximum atomic E-state index is 11.9. The highest BCUT2D eigenvalue weighted by Gasteiger charge is 2.30. The smallest absolute Gasteiger partial charge is 0.323 e. The van der Waals surface area contributed by atoms with E-state index in [0.29, 0.717) is 26.4 Å². The first-order chi connectivity index (χ1) is 9.69. The van der Waals surface area contributed by atoms with Crippen molar-refractivity contribution in [1.82, 2.24) is 4.90 Å². The number of aliphatic hydroxyl groups excluding tert-OH is 1. The Balaban J connectivity index is 2.35. The summed E-state index contributed by atoms with van der Waals surface area (Å²) in [5, 5.41) is 9.97. The van der Waals surface area contributed by atoms with Gasteiger partial charge in [-0.15, -0.1) is 0 Å². The Kier molecular flexibility index (Phi) is 8.77. The van der Waals surface area contributed by atoms with Crippen molar-refractivity contribution < 1.29 is 24.1 Å². The third-order valence-corrected chi connectivity index (χ3v) is 3.36. The second kappa shape index (κ2) is 10.1. The van der Waals surface area contributed by atoms with Crippen molar-refractivity contribution in [2.45, 2.75) is 38.3 Å². The van der Waals surface area contributed by atoms with Gasteiger partial charge in [0.25, 0.3) is 0 Å². The molecule has 20 heavy (non-hydrogen) atoms. The Morgan fingerprint density at radius 3 is 2.90 bits per heavy atom. The van der Waals surface area contributed by atoms with Gasteiger partial charge in [-0.05, 0) is 26.3 Å². The molecule has 0 radical (unpaired) electrons. The molecule has 1 aliphatic rings. The van der Waals surface area contributed by atoms with Gasteiger partial charge in [0.1, 0.15) is 6.04 Å². The summed E-state index contributed by atoms with van der Waals surface area (Å²) < 4.78 is 15.3. The van der Waals surface area contributed by atoms with E-state index in [1.807, 2.05) is 11.8 Å². The van der Waals surface area contributed by atoms with Crippen LogP contribution in [0.4, 0.5) is 0 Å². The molecular formula is C14H27NO5. The topological polar surface area (TPSA) is 68.2 Å². The number of hydrogen-bond acceptors (Lipinski definition) is 6. The van der Waals surface area contributed by atoms with Crippen molar-refractivity contribution in [3.8, 4) is 0 Å². The van der Waals surface area contributed by atoms with Gasteiger partial charge in [-0.25, -0.2) is 0 Å². The second-order valence-corrected chi connectivity index (χ2v) is 4.98. The fourth-order valence-electron chi connectivity index (χ4n) is 2.40. The van der Waals surface area contributed by atoms with Crippen LogP contribution >= 0.6 is 0 Å². The van der Waals surface area contributed by atoms with Crippen molar-refractivity contribution in [2.75, 3.05) is 46.6 Å². The van der Waals surface area contributed by atoms with Gasteiger partial charge < -0.3 is 19.3 Å². The number of carbonyl (C=O) groups excluding carboxylic acids is 1. The average molecular weight is 289 g/mol. The Bertz CT molecular complexity index is 274. The first-order valence-corrected chi connectivity index (χ1v) is 7.34. The molecule has 2 atom stereocenters. The molecule has 1 rings (SSSR count). The molecule has 1 N–H and O–H groups in total. The molecule has 0 aromatic carbocycles. The van der Waals surface area contributed by atoms with Gasteiger partial charge in [0.05, 0.1) is 32.5 Å². The van der Waals surface area contributed by atoms with Crippen LogP contribution in [0.2, 0.25) is 0 Å². The first kappa shape index (κ1) is 17.4. The molecule has 6 nitrogen and oxygen atoms in total. The summed E-state index contributed by atoms with van der Waals surface area (Å²) in [6.07, 6.45) is 2.28. The number of methoxy groups -OCH3 is 1. The lowest BCUT2D eigenvalue weighted by atomic mass is 10.0. The van der Waals surface area contributed by atoms with E-state index >= 15 is 0 Å². The van der Waals surface area contributed by atoms with Crippen LogP contribution in [0.1, 0.15) is 26.2 Å². The summed E-state index contributed by atoms with van der Waals surface area (Å²) in [6.45, 7) is 4.71. The standard InChI is InChI=1S/C14H27NO5/c1-3-20-14(17)13-6-4-5-7-15(13)10-12(16)11-19-9-8-18-2/h12-13,16H,3-11H2,1-2H3. The zero-order valence-corrected chi connectivity index (χ0v) is 12.5. The van der Waals surface area contributed by atoms with Crippen LogP contribution in [0.5, 0.6) is 0 Å². The van der Waals surface area contributed by atoms with E-state index in [1.54, 1.807) is 7.11 Å². The zero-order chi connectivity index (χ0) is 14.8. The number of ether oxygens (including phenoxy) is 3. The molecule has 1 heterocycles. The Labute approximate surface area is 121 Å². The van der Waals surface area contributed by atoms with E-state index in [9.17, 15) is 9.90 Å². The van der Waals surface area contributed by atoms with Crippen LogP contribution in [0, 0.1) is 0 Å². The molecule has 0 amide bonds. The molecular weight excluding hydrogens is 262 g/mol. The van der Waals surface area contributed by atoms with E-state index in [0.717, 1.165) is 25.8 Å². The molecule has 0 aliphatic carbocycles. The Morgan fingerprint density at radius 1 is 1.40 bits per heavy atom. The quantitative estimate of drug-likeness (QED) is 0.490. The van der Waals surface area contributed by atoms with E-state index in [4.69, 9.17) is 14.2 Å². The predicted molar refractivity (Wildman–Crippen MR) is 74.5 cm³/mol. The molecule has 0 bridgehead atoms. The van der Waals surface area contributed by atoms with Crippen LogP contribution < -0.4 is 0 Å². The second-order valence-electron chi connectivity index (χ2n) is 4.98. The Hall–Kier alpha value is -0.690. The minimum absolute atomic E-state index is 0.181. The summed E-state index contributed by atoms with van der Waals surface area (Å²) in [7, 11) is 1.61. The van der Waals surface area contributed by atoms with Gasteiger partial charge in [0.2, 0.25) is 0 Å². The number of likely N-dealkylation sites (tertiary alicyclic amines) is 1. The third kappa shape index (κ3) is 6.17. The van der Waals surface area contributed by atoms with Crippen LogP contribution in [0.15, 0.2) is 0 Å². The highest BCUT2D eigenvalue weighted by atomic mass is 16.5. The number of hydrogen-bond donors (Lipinski definition) is 1. The van der Waals surface area contributed by atoms with Crippen molar-refractivity contribution in [3.63, 3.8) is 0 Å². The molecule has 0 spiro atoms. The van der Waals surface area contributed by atoms with Crippen LogP contribution in [0.25, 0.3) is 0 Å². The van der Waals surface area contributed by atoms with E-state index in [1.165, 1.54) is 0 Å².